The van der Waals surface area contributed by atoms with Crippen molar-refractivity contribution in [1.82, 2.24) is 4.90 Å². The van der Waals surface area contributed by atoms with Crippen molar-refractivity contribution in [3.63, 3.8) is 0 Å². The maximum atomic E-state index is 6.31. The first kappa shape index (κ1) is 15.8. The molecule has 1 saturated heterocycles. The molecule has 1 aromatic carbocycles. The lowest BCUT2D eigenvalue weighted by Gasteiger charge is -2.36. The fraction of sp³-hybridized carbons (Fsp3) is 0.647. The summed E-state index contributed by atoms with van der Waals surface area (Å²) >= 11 is 5.92. The summed E-state index contributed by atoms with van der Waals surface area (Å²) in [5, 5.41) is 0.778. The van der Waals surface area contributed by atoms with Gasteiger partial charge in [-0.25, -0.2) is 0 Å². The molecule has 2 nitrogen and oxygen atoms in total. The van der Waals surface area contributed by atoms with Crippen molar-refractivity contribution in [2.45, 2.75) is 57.5 Å². The van der Waals surface area contributed by atoms with Crippen molar-refractivity contribution in [3.05, 3.63) is 34.9 Å². The maximum absolute atomic E-state index is 6.31. The number of hydrogen-bond donors (Lipinski definition) is 1. The van der Waals surface area contributed by atoms with Gasteiger partial charge in [-0.1, -0.05) is 43.5 Å². The first-order valence-corrected chi connectivity index (χ1v) is 8.33. The summed E-state index contributed by atoms with van der Waals surface area (Å²) in [5.74, 6) is 0. The SMILES string of the molecule is CCCC1CCCCN1CCC(N)c1ccc(Cl)cc1. The fourth-order valence-electron chi connectivity index (χ4n) is 3.20. The number of hydrogen-bond acceptors (Lipinski definition) is 2. The van der Waals surface area contributed by atoms with Gasteiger partial charge in [0.25, 0.3) is 0 Å². The molecule has 1 aliphatic heterocycles. The van der Waals surface area contributed by atoms with Crippen LogP contribution in [0.1, 0.15) is 57.1 Å². The Morgan fingerprint density at radius 1 is 1.30 bits per heavy atom. The number of nitrogens with zero attached hydrogens (tertiary/aromatic N) is 1. The van der Waals surface area contributed by atoms with E-state index in [0.29, 0.717) is 0 Å². The topological polar surface area (TPSA) is 29.3 Å². The second-order valence-corrected chi connectivity index (χ2v) is 6.36. The van der Waals surface area contributed by atoms with Gasteiger partial charge in [-0.05, 0) is 49.9 Å². The van der Waals surface area contributed by atoms with E-state index in [4.69, 9.17) is 17.3 Å². The average molecular weight is 295 g/mol. The van der Waals surface area contributed by atoms with Gasteiger partial charge in [-0.2, -0.15) is 0 Å². The lowest BCUT2D eigenvalue weighted by atomic mass is 9.97. The standard InChI is InChI=1S/C17H27ClN2/c1-2-5-16-6-3-4-12-20(16)13-11-17(19)14-7-9-15(18)10-8-14/h7-10,16-17H,2-6,11-13,19H2,1H3. The Kier molecular flexibility index (Phi) is 6.34. The van der Waals surface area contributed by atoms with E-state index in [2.05, 4.69) is 11.8 Å². The lowest BCUT2D eigenvalue weighted by molar-refractivity contribution is 0.135. The minimum Gasteiger partial charge on any atom is -0.324 e. The number of rotatable bonds is 6. The van der Waals surface area contributed by atoms with Crippen LogP contribution in [0.4, 0.5) is 0 Å². The molecular formula is C17H27ClN2. The zero-order valence-corrected chi connectivity index (χ0v) is 13.3. The Morgan fingerprint density at radius 2 is 2.05 bits per heavy atom. The van der Waals surface area contributed by atoms with E-state index in [1.165, 1.54) is 44.2 Å². The van der Waals surface area contributed by atoms with Gasteiger partial charge in [-0.3, -0.25) is 0 Å². The Bertz CT molecular complexity index is 388. The maximum Gasteiger partial charge on any atom is 0.0406 e. The van der Waals surface area contributed by atoms with E-state index in [9.17, 15) is 0 Å². The van der Waals surface area contributed by atoms with Gasteiger partial charge >= 0.3 is 0 Å². The molecule has 2 atom stereocenters. The number of likely N-dealkylation sites (tertiary alicyclic amines) is 1. The molecule has 0 aromatic heterocycles. The van der Waals surface area contributed by atoms with Gasteiger partial charge in [-0.15, -0.1) is 0 Å². The van der Waals surface area contributed by atoms with Gasteiger partial charge < -0.3 is 10.6 Å². The third kappa shape index (κ3) is 4.47. The summed E-state index contributed by atoms with van der Waals surface area (Å²) in [4.78, 5) is 2.66. The summed E-state index contributed by atoms with van der Waals surface area (Å²) in [6.07, 6.45) is 7.74. The normalized spacial score (nSPS) is 21.9. The number of piperidine rings is 1. The van der Waals surface area contributed by atoms with E-state index in [-0.39, 0.29) is 6.04 Å². The molecule has 1 aromatic rings. The highest BCUT2D eigenvalue weighted by Crippen LogP contribution is 2.23. The molecular weight excluding hydrogens is 268 g/mol. The highest BCUT2D eigenvalue weighted by atomic mass is 35.5. The smallest absolute Gasteiger partial charge is 0.0406 e. The molecule has 0 spiro atoms. The fourth-order valence-corrected chi connectivity index (χ4v) is 3.32. The molecule has 3 heteroatoms. The molecule has 20 heavy (non-hydrogen) atoms. The van der Waals surface area contributed by atoms with Gasteiger partial charge in [0.2, 0.25) is 0 Å². The van der Waals surface area contributed by atoms with Crippen LogP contribution in [0.5, 0.6) is 0 Å². The molecule has 112 valence electrons. The Balaban J connectivity index is 1.85. The van der Waals surface area contributed by atoms with E-state index >= 15 is 0 Å². The van der Waals surface area contributed by atoms with Crippen LogP contribution >= 0.6 is 11.6 Å². The van der Waals surface area contributed by atoms with Crippen LogP contribution in [0, 0.1) is 0 Å². The Morgan fingerprint density at radius 3 is 2.75 bits per heavy atom. The van der Waals surface area contributed by atoms with Gasteiger partial charge in [0.05, 0.1) is 0 Å². The molecule has 0 aliphatic carbocycles. The summed E-state index contributed by atoms with van der Waals surface area (Å²) in [5.41, 5.74) is 7.50. The van der Waals surface area contributed by atoms with Crippen molar-refractivity contribution in [1.29, 1.82) is 0 Å². The van der Waals surface area contributed by atoms with E-state index in [1.54, 1.807) is 0 Å². The average Bonchev–Trinajstić information content (AvgIpc) is 2.47. The minimum atomic E-state index is 0.122. The van der Waals surface area contributed by atoms with Crippen LogP contribution in [0.3, 0.4) is 0 Å². The first-order valence-electron chi connectivity index (χ1n) is 7.95. The molecule has 1 aliphatic rings. The molecule has 2 rings (SSSR count). The van der Waals surface area contributed by atoms with E-state index < -0.39 is 0 Å². The molecule has 0 bridgehead atoms. The van der Waals surface area contributed by atoms with Crippen LogP contribution in [-0.4, -0.2) is 24.0 Å². The van der Waals surface area contributed by atoms with Crippen molar-refractivity contribution < 1.29 is 0 Å². The summed E-state index contributed by atoms with van der Waals surface area (Å²) < 4.78 is 0. The second-order valence-electron chi connectivity index (χ2n) is 5.92. The van der Waals surface area contributed by atoms with Crippen LogP contribution in [-0.2, 0) is 0 Å². The molecule has 2 N–H and O–H groups in total. The third-order valence-electron chi connectivity index (χ3n) is 4.40. The van der Waals surface area contributed by atoms with Crippen LogP contribution in [0.25, 0.3) is 0 Å². The zero-order valence-electron chi connectivity index (χ0n) is 12.5. The summed E-state index contributed by atoms with van der Waals surface area (Å²) in [7, 11) is 0. The van der Waals surface area contributed by atoms with Gasteiger partial charge in [0, 0.05) is 23.7 Å². The predicted molar refractivity (Wildman–Crippen MR) is 87.1 cm³/mol. The van der Waals surface area contributed by atoms with Crippen molar-refractivity contribution in [2.75, 3.05) is 13.1 Å². The van der Waals surface area contributed by atoms with Gasteiger partial charge in [0.1, 0.15) is 0 Å². The van der Waals surface area contributed by atoms with Crippen molar-refractivity contribution in [2.24, 2.45) is 5.73 Å². The second kappa shape index (κ2) is 8.02. The zero-order chi connectivity index (χ0) is 14.4. The predicted octanol–water partition coefficient (Wildman–Crippen LogP) is 4.38. The van der Waals surface area contributed by atoms with Crippen molar-refractivity contribution in [3.8, 4) is 0 Å². The minimum absolute atomic E-state index is 0.122. The number of benzene rings is 1. The molecule has 2 unspecified atom stereocenters. The summed E-state index contributed by atoms with van der Waals surface area (Å²) in [6, 6.07) is 8.86. The number of nitrogens with two attached hydrogens (primary N) is 1. The van der Waals surface area contributed by atoms with E-state index in [0.717, 1.165) is 24.0 Å². The van der Waals surface area contributed by atoms with Crippen LogP contribution in [0.2, 0.25) is 5.02 Å². The highest BCUT2D eigenvalue weighted by molar-refractivity contribution is 6.30. The van der Waals surface area contributed by atoms with Crippen LogP contribution < -0.4 is 5.73 Å². The largest absolute Gasteiger partial charge is 0.324 e. The van der Waals surface area contributed by atoms with Crippen LogP contribution in [0.15, 0.2) is 24.3 Å². The third-order valence-corrected chi connectivity index (χ3v) is 4.65. The van der Waals surface area contributed by atoms with E-state index in [1.807, 2.05) is 24.3 Å². The Labute approximate surface area is 128 Å². The monoisotopic (exact) mass is 294 g/mol. The van der Waals surface area contributed by atoms with Crippen molar-refractivity contribution >= 4 is 11.6 Å². The first-order chi connectivity index (χ1) is 9.70. The molecule has 0 radical (unpaired) electrons. The molecule has 1 fully saturated rings. The Hall–Kier alpha value is -0.570. The molecule has 0 amide bonds. The summed E-state index contributed by atoms with van der Waals surface area (Å²) in [6.45, 7) is 4.65. The lowest BCUT2D eigenvalue weighted by Crippen LogP contribution is -2.40. The highest BCUT2D eigenvalue weighted by Gasteiger charge is 2.21. The molecule has 0 saturated carbocycles. The molecule has 1 heterocycles. The number of halogens is 1. The quantitative estimate of drug-likeness (QED) is 0.843. The van der Waals surface area contributed by atoms with Gasteiger partial charge in [0.15, 0.2) is 0 Å².